The highest BCUT2D eigenvalue weighted by Gasteiger charge is 2.23. The topological polar surface area (TPSA) is 87.7 Å². The molecule has 0 saturated heterocycles. The van der Waals surface area contributed by atoms with Crippen molar-refractivity contribution >= 4 is 5.97 Å². The molecule has 0 bridgehead atoms. The molecule has 0 unspecified atom stereocenters. The Bertz CT molecular complexity index is 670. The van der Waals surface area contributed by atoms with Crippen molar-refractivity contribution in [2.24, 2.45) is 0 Å². The lowest BCUT2D eigenvalue weighted by Crippen LogP contribution is -2.39. The zero-order valence-electron chi connectivity index (χ0n) is 12.2. The number of H-pyrrole nitrogens is 1. The summed E-state index contributed by atoms with van der Waals surface area (Å²) in [4.78, 5) is 13.0. The lowest BCUT2D eigenvalue weighted by Gasteiger charge is -2.29. The molecular weight excluding hydrogens is 286 g/mol. The highest BCUT2D eigenvalue weighted by molar-refractivity contribution is 5.86. The molecule has 3 rings (SSSR count). The highest BCUT2D eigenvalue weighted by atomic mass is 16.6. The van der Waals surface area contributed by atoms with Gasteiger partial charge in [0, 0.05) is 18.7 Å². The first-order chi connectivity index (χ1) is 10.6. The van der Waals surface area contributed by atoms with E-state index in [-0.39, 0.29) is 11.8 Å². The van der Waals surface area contributed by atoms with E-state index in [0.717, 1.165) is 11.5 Å². The minimum absolute atomic E-state index is 0.0971. The lowest BCUT2D eigenvalue weighted by atomic mass is 10.2. The van der Waals surface area contributed by atoms with Crippen LogP contribution >= 0.6 is 0 Å². The predicted octanol–water partition coefficient (Wildman–Crippen LogP) is 1.38. The minimum atomic E-state index is -1.01. The lowest BCUT2D eigenvalue weighted by molar-refractivity contribution is 0.0630. The number of carboxylic acids is 1. The van der Waals surface area contributed by atoms with Crippen LogP contribution in [0.25, 0.3) is 0 Å². The summed E-state index contributed by atoms with van der Waals surface area (Å²) in [5, 5.41) is 15.3. The second kappa shape index (κ2) is 6.07. The van der Waals surface area contributed by atoms with E-state index in [1.54, 1.807) is 0 Å². The van der Waals surface area contributed by atoms with E-state index >= 15 is 0 Å². The van der Waals surface area contributed by atoms with Crippen LogP contribution < -0.4 is 9.47 Å². The number of carbonyl (C=O) groups is 1. The fourth-order valence-corrected chi connectivity index (χ4v) is 2.47. The number of carboxylic acid groups (broad SMARTS) is 1. The Balaban J connectivity index is 1.60. The fraction of sp³-hybridized carbons (Fsp3) is 0.333. The predicted molar refractivity (Wildman–Crippen MR) is 78.2 cm³/mol. The van der Waals surface area contributed by atoms with Crippen molar-refractivity contribution in [3.05, 3.63) is 41.7 Å². The van der Waals surface area contributed by atoms with Crippen molar-refractivity contribution in [2.45, 2.75) is 12.6 Å². The van der Waals surface area contributed by atoms with E-state index in [9.17, 15) is 4.79 Å². The van der Waals surface area contributed by atoms with E-state index in [1.165, 1.54) is 6.20 Å². The van der Waals surface area contributed by atoms with Crippen molar-refractivity contribution in [1.82, 2.24) is 15.1 Å². The first kappa shape index (κ1) is 14.4. The molecule has 0 aliphatic carbocycles. The number of hydrogen-bond acceptors (Lipinski definition) is 5. The van der Waals surface area contributed by atoms with Crippen LogP contribution in [0.15, 0.2) is 30.5 Å². The standard InChI is InChI=1S/C15H17N3O4/c1-18(7-10-6-16-17-14(10)15(19)20)8-11-9-21-12-4-2-3-5-13(12)22-11/h2-6,11H,7-9H2,1H3,(H,16,17)(H,19,20)/t11-/m0/s1. The van der Waals surface area contributed by atoms with Gasteiger partial charge in [0.25, 0.3) is 0 Å². The quantitative estimate of drug-likeness (QED) is 0.867. The van der Waals surface area contributed by atoms with Gasteiger partial charge in [-0.3, -0.25) is 10.00 Å². The fourth-order valence-electron chi connectivity index (χ4n) is 2.47. The molecule has 0 saturated carbocycles. The highest BCUT2D eigenvalue weighted by Crippen LogP contribution is 2.31. The van der Waals surface area contributed by atoms with Gasteiger partial charge in [-0.2, -0.15) is 5.10 Å². The third-order valence-corrected chi connectivity index (χ3v) is 3.45. The smallest absolute Gasteiger partial charge is 0.354 e. The van der Waals surface area contributed by atoms with Crippen LogP contribution in [0.2, 0.25) is 0 Å². The molecule has 2 N–H and O–H groups in total. The monoisotopic (exact) mass is 303 g/mol. The maximum absolute atomic E-state index is 11.1. The van der Waals surface area contributed by atoms with Crippen molar-refractivity contribution in [2.75, 3.05) is 20.2 Å². The zero-order valence-corrected chi connectivity index (χ0v) is 12.2. The number of benzene rings is 1. The Morgan fingerprint density at radius 2 is 2.23 bits per heavy atom. The summed E-state index contributed by atoms with van der Waals surface area (Å²) >= 11 is 0. The number of fused-ring (bicyclic) bond motifs is 1. The molecule has 1 aromatic heterocycles. The van der Waals surface area contributed by atoms with Gasteiger partial charge in [0.1, 0.15) is 18.4 Å². The molecular formula is C15H17N3O4. The second-order valence-corrected chi connectivity index (χ2v) is 5.27. The summed E-state index contributed by atoms with van der Waals surface area (Å²) in [6.45, 7) is 1.57. The second-order valence-electron chi connectivity index (χ2n) is 5.27. The van der Waals surface area contributed by atoms with Gasteiger partial charge in [0.15, 0.2) is 11.5 Å². The molecule has 7 nitrogen and oxygen atoms in total. The van der Waals surface area contributed by atoms with Crippen LogP contribution in [-0.2, 0) is 6.54 Å². The van der Waals surface area contributed by atoms with Crippen molar-refractivity contribution in [3.63, 3.8) is 0 Å². The van der Waals surface area contributed by atoms with Gasteiger partial charge in [0.05, 0.1) is 6.20 Å². The number of aromatic nitrogens is 2. The number of aromatic amines is 1. The minimum Gasteiger partial charge on any atom is -0.486 e. The van der Waals surface area contributed by atoms with Gasteiger partial charge < -0.3 is 14.6 Å². The molecule has 0 amide bonds. The summed E-state index contributed by atoms with van der Waals surface area (Å²) < 4.78 is 11.6. The maximum Gasteiger partial charge on any atom is 0.354 e. The Hall–Kier alpha value is -2.54. The number of aromatic carboxylic acids is 1. The average molecular weight is 303 g/mol. The van der Waals surface area contributed by atoms with Gasteiger partial charge in [-0.25, -0.2) is 4.79 Å². The molecule has 2 aromatic rings. The van der Waals surface area contributed by atoms with Crippen molar-refractivity contribution < 1.29 is 19.4 Å². The first-order valence-electron chi connectivity index (χ1n) is 6.96. The van der Waals surface area contributed by atoms with Gasteiger partial charge in [-0.05, 0) is 19.2 Å². The number of nitrogens with zero attached hydrogens (tertiary/aromatic N) is 2. The number of nitrogens with one attached hydrogen (secondary N) is 1. The average Bonchev–Trinajstić information content (AvgIpc) is 2.95. The van der Waals surface area contributed by atoms with E-state index < -0.39 is 5.97 Å². The normalized spacial score (nSPS) is 16.7. The summed E-state index contributed by atoms with van der Waals surface area (Å²) in [5.41, 5.74) is 0.769. The molecule has 0 radical (unpaired) electrons. The van der Waals surface area contributed by atoms with Gasteiger partial charge >= 0.3 is 5.97 Å². The maximum atomic E-state index is 11.1. The van der Waals surface area contributed by atoms with Crippen LogP contribution in [0.1, 0.15) is 16.1 Å². The number of para-hydroxylation sites is 2. The molecule has 1 aromatic carbocycles. The molecule has 0 spiro atoms. The van der Waals surface area contributed by atoms with Crippen molar-refractivity contribution in [3.8, 4) is 11.5 Å². The van der Waals surface area contributed by atoms with Gasteiger partial charge in [-0.15, -0.1) is 0 Å². The van der Waals surface area contributed by atoms with Crippen LogP contribution in [0, 0.1) is 0 Å². The molecule has 1 aliphatic heterocycles. The molecule has 0 fully saturated rings. The van der Waals surface area contributed by atoms with E-state index in [2.05, 4.69) is 10.2 Å². The van der Waals surface area contributed by atoms with Crippen LogP contribution in [-0.4, -0.2) is 52.5 Å². The van der Waals surface area contributed by atoms with Crippen LogP contribution in [0.5, 0.6) is 11.5 Å². The first-order valence-corrected chi connectivity index (χ1v) is 6.96. The number of rotatable bonds is 5. The molecule has 1 aliphatic rings. The van der Waals surface area contributed by atoms with Crippen LogP contribution in [0.4, 0.5) is 0 Å². The Morgan fingerprint density at radius 3 is 3.00 bits per heavy atom. The Morgan fingerprint density at radius 1 is 1.45 bits per heavy atom. The Labute approximate surface area is 127 Å². The summed E-state index contributed by atoms with van der Waals surface area (Å²) in [5.74, 6) is 0.484. The van der Waals surface area contributed by atoms with Gasteiger partial charge in [0.2, 0.25) is 0 Å². The zero-order chi connectivity index (χ0) is 15.5. The molecule has 7 heteroatoms. The number of hydrogen-bond donors (Lipinski definition) is 2. The number of likely N-dealkylation sites (N-methyl/N-ethyl adjacent to an activating group) is 1. The third-order valence-electron chi connectivity index (χ3n) is 3.45. The summed E-state index contributed by atoms with van der Waals surface area (Å²) in [6.07, 6.45) is 1.44. The molecule has 2 heterocycles. The van der Waals surface area contributed by atoms with E-state index in [4.69, 9.17) is 14.6 Å². The third kappa shape index (κ3) is 3.04. The van der Waals surface area contributed by atoms with E-state index in [0.29, 0.717) is 25.3 Å². The number of ether oxygens (including phenoxy) is 2. The molecule has 22 heavy (non-hydrogen) atoms. The molecule has 116 valence electrons. The summed E-state index contributed by atoms with van der Waals surface area (Å²) in [6, 6.07) is 7.56. The largest absolute Gasteiger partial charge is 0.486 e. The Kier molecular flexibility index (Phi) is 3.97. The SMILES string of the molecule is CN(Cc1cn[nH]c1C(=O)O)C[C@H]1COc2ccccc2O1. The van der Waals surface area contributed by atoms with Gasteiger partial charge in [-0.1, -0.05) is 12.1 Å². The van der Waals surface area contributed by atoms with Crippen molar-refractivity contribution in [1.29, 1.82) is 0 Å². The summed E-state index contributed by atoms with van der Waals surface area (Å²) in [7, 11) is 1.91. The van der Waals surface area contributed by atoms with E-state index in [1.807, 2.05) is 36.2 Å². The molecule has 1 atom stereocenters. The van der Waals surface area contributed by atoms with Crippen LogP contribution in [0.3, 0.4) is 0 Å².